The molecule has 0 saturated carbocycles. The summed E-state index contributed by atoms with van der Waals surface area (Å²) in [5, 5.41) is 41.1. The number of nitrogens with zero attached hydrogens (tertiary/aromatic N) is 1. The Morgan fingerprint density at radius 1 is 1.04 bits per heavy atom. The van der Waals surface area contributed by atoms with E-state index in [-0.39, 0.29) is 5.91 Å². The van der Waals surface area contributed by atoms with Gasteiger partial charge in [-0.05, 0) is 6.42 Å². The van der Waals surface area contributed by atoms with Gasteiger partial charge in [0.2, 0.25) is 5.91 Å². The number of aliphatic hydroxyl groups is 3. The van der Waals surface area contributed by atoms with Gasteiger partial charge in [0, 0.05) is 6.42 Å². The number of amides is 1. The van der Waals surface area contributed by atoms with Crippen LogP contribution >= 0.6 is 0 Å². The molecule has 4 atom stereocenters. The Balaban J connectivity index is 2.15. The van der Waals surface area contributed by atoms with Crippen molar-refractivity contribution in [2.24, 2.45) is 0 Å². The van der Waals surface area contributed by atoms with Crippen LogP contribution in [-0.2, 0) is 9.53 Å². The maximum Gasteiger partial charge on any atom is 0.220 e. The lowest BCUT2D eigenvalue weighted by molar-refractivity contribution is -0.369. The van der Waals surface area contributed by atoms with Gasteiger partial charge in [-0.3, -0.25) is 4.79 Å². The Kier molecular flexibility index (Phi) is 11.2. The predicted molar refractivity (Wildman–Crippen MR) is 91.4 cm³/mol. The molecular formula is C17H34N2O6. The molecule has 0 spiro atoms. The summed E-state index contributed by atoms with van der Waals surface area (Å²) >= 11 is 0. The highest BCUT2D eigenvalue weighted by Gasteiger charge is 2.42. The number of carbonyl (C=O) groups excluding carboxylic acids is 1. The topological polar surface area (TPSA) is 122 Å². The van der Waals surface area contributed by atoms with Gasteiger partial charge in [0.1, 0.15) is 6.04 Å². The summed E-state index contributed by atoms with van der Waals surface area (Å²) in [5.41, 5.74) is 0. The van der Waals surface area contributed by atoms with Crippen molar-refractivity contribution < 1.29 is 30.1 Å². The first kappa shape index (κ1) is 22.3. The normalized spacial score (nSPS) is 27.4. The van der Waals surface area contributed by atoms with Gasteiger partial charge >= 0.3 is 0 Å². The smallest absolute Gasteiger partial charge is 0.220 e. The van der Waals surface area contributed by atoms with Crippen LogP contribution < -0.4 is 5.32 Å². The van der Waals surface area contributed by atoms with E-state index < -0.39 is 31.4 Å². The molecular weight excluding hydrogens is 328 g/mol. The average molecular weight is 362 g/mol. The van der Waals surface area contributed by atoms with Gasteiger partial charge in [0.25, 0.3) is 0 Å². The van der Waals surface area contributed by atoms with Crippen LogP contribution in [-0.4, -0.2) is 62.9 Å². The molecule has 1 aliphatic rings. The Bertz CT molecular complexity index is 371. The molecule has 1 aliphatic heterocycles. The molecule has 0 aliphatic carbocycles. The largest absolute Gasteiger partial charge is 0.392 e. The lowest BCUT2D eigenvalue weighted by Crippen LogP contribution is -2.65. The van der Waals surface area contributed by atoms with Crippen molar-refractivity contribution in [3.05, 3.63) is 0 Å². The Morgan fingerprint density at radius 3 is 2.16 bits per heavy atom. The molecule has 1 heterocycles. The van der Waals surface area contributed by atoms with Gasteiger partial charge in [0.05, 0.1) is 6.61 Å². The van der Waals surface area contributed by atoms with Crippen LogP contribution in [0.3, 0.4) is 0 Å². The van der Waals surface area contributed by atoms with Crippen LogP contribution in [0.5, 0.6) is 0 Å². The number of carbonyl (C=O) groups is 1. The van der Waals surface area contributed by atoms with Gasteiger partial charge in [-0.1, -0.05) is 58.3 Å². The molecule has 0 aromatic heterocycles. The second-order valence-corrected chi connectivity index (χ2v) is 6.63. The summed E-state index contributed by atoms with van der Waals surface area (Å²) in [6.07, 6.45) is 6.36. The number of hydroxylamine groups is 2. The van der Waals surface area contributed by atoms with E-state index in [0.29, 0.717) is 11.5 Å². The van der Waals surface area contributed by atoms with Crippen LogP contribution in [0.1, 0.15) is 71.1 Å². The fourth-order valence-corrected chi connectivity index (χ4v) is 2.92. The number of nitrogens with one attached hydrogen (secondary N) is 1. The van der Waals surface area contributed by atoms with Crippen molar-refractivity contribution >= 4 is 5.91 Å². The molecule has 1 amide bonds. The third-order valence-electron chi connectivity index (χ3n) is 4.48. The van der Waals surface area contributed by atoms with E-state index in [0.717, 1.165) is 19.3 Å². The molecule has 0 aromatic rings. The van der Waals surface area contributed by atoms with Gasteiger partial charge < -0.3 is 30.6 Å². The van der Waals surface area contributed by atoms with Crippen molar-refractivity contribution in [2.45, 2.75) is 95.9 Å². The molecule has 8 nitrogen and oxygen atoms in total. The van der Waals surface area contributed by atoms with E-state index in [2.05, 4.69) is 12.2 Å². The van der Waals surface area contributed by atoms with Gasteiger partial charge in [0.15, 0.2) is 18.7 Å². The zero-order valence-electron chi connectivity index (χ0n) is 15.1. The number of rotatable bonds is 12. The third-order valence-corrected chi connectivity index (χ3v) is 4.48. The summed E-state index contributed by atoms with van der Waals surface area (Å²) in [5.74, 6) is -0.314. The van der Waals surface area contributed by atoms with E-state index in [9.17, 15) is 20.2 Å². The highest BCUT2D eigenvalue weighted by Crippen LogP contribution is 2.18. The van der Waals surface area contributed by atoms with Crippen LogP contribution in [0.25, 0.3) is 0 Å². The highest BCUT2D eigenvalue weighted by molar-refractivity contribution is 5.76. The predicted octanol–water partition coefficient (Wildman–Crippen LogP) is 1.07. The minimum absolute atomic E-state index is 0.292. The third kappa shape index (κ3) is 7.98. The lowest BCUT2D eigenvalue weighted by Gasteiger charge is -2.41. The second-order valence-electron chi connectivity index (χ2n) is 6.63. The monoisotopic (exact) mass is 362 g/mol. The molecule has 8 heteroatoms. The number of hydrogen-bond acceptors (Lipinski definition) is 7. The fourth-order valence-electron chi connectivity index (χ4n) is 2.92. The van der Waals surface area contributed by atoms with Gasteiger partial charge in [-0.25, -0.2) is 0 Å². The van der Waals surface area contributed by atoms with Crippen molar-refractivity contribution in [1.82, 2.24) is 10.4 Å². The first-order valence-electron chi connectivity index (χ1n) is 9.40. The molecule has 0 bridgehead atoms. The van der Waals surface area contributed by atoms with Gasteiger partial charge in [-0.2, -0.15) is 0 Å². The number of hydrogen-bond donors (Lipinski definition) is 5. The van der Waals surface area contributed by atoms with Crippen LogP contribution in [0, 0.1) is 0 Å². The van der Waals surface area contributed by atoms with E-state index in [1.165, 1.54) is 38.5 Å². The molecule has 5 N–H and O–H groups in total. The summed E-state index contributed by atoms with van der Waals surface area (Å²) in [6, 6.07) is -1.17. The summed E-state index contributed by atoms with van der Waals surface area (Å²) in [4.78, 5) is 11.9. The van der Waals surface area contributed by atoms with Crippen molar-refractivity contribution in [1.29, 1.82) is 0 Å². The molecule has 0 aromatic carbocycles. The maximum atomic E-state index is 11.9. The van der Waals surface area contributed by atoms with Crippen LogP contribution in [0.4, 0.5) is 0 Å². The number of unbranched alkanes of at least 4 members (excludes halogenated alkanes) is 8. The minimum Gasteiger partial charge on any atom is -0.392 e. The summed E-state index contributed by atoms with van der Waals surface area (Å²) in [7, 11) is 0. The van der Waals surface area contributed by atoms with E-state index in [1.54, 1.807) is 0 Å². The zero-order chi connectivity index (χ0) is 18.7. The number of ether oxygens (including phenoxy) is 1. The molecule has 1 fully saturated rings. The van der Waals surface area contributed by atoms with Crippen molar-refractivity contribution in [2.75, 3.05) is 6.61 Å². The first-order chi connectivity index (χ1) is 12.0. The lowest BCUT2D eigenvalue weighted by atomic mass is 10.1. The Hall–Kier alpha value is -0.770. The SMILES string of the molecule is CCCCCCCCCCCC(=O)NC1C(O)OC(CO)N(O)[C@@H]1O. The minimum atomic E-state index is -1.55. The Labute approximate surface area is 149 Å². The highest BCUT2D eigenvalue weighted by atomic mass is 16.7. The van der Waals surface area contributed by atoms with Crippen molar-refractivity contribution in [3.63, 3.8) is 0 Å². The summed E-state index contributed by atoms with van der Waals surface area (Å²) < 4.78 is 4.94. The van der Waals surface area contributed by atoms with E-state index >= 15 is 0 Å². The van der Waals surface area contributed by atoms with E-state index in [4.69, 9.17) is 9.84 Å². The zero-order valence-corrected chi connectivity index (χ0v) is 15.1. The molecule has 3 unspecified atom stereocenters. The molecule has 148 valence electrons. The quantitative estimate of drug-likeness (QED) is 0.329. The molecule has 25 heavy (non-hydrogen) atoms. The maximum absolute atomic E-state index is 11.9. The summed E-state index contributed by atoms with van der Waals surface area (Å²) in [6.45, 7) is 1.61. The van der Waals surface area contributed by atoms with Crippen molar-refractivity contribution in [3.8, 4) is 0 Å². The van der Waals surface area contributed by atoms with Crippen LogP contribution in [0.2, 0.25) is 0 Å². The van der Waals surface area contributed by atoms with Crippen LogP contribution in [0.15, 0.2) is 0 Å². The first-order valence-corrected chi connectivity index (χ1v) is 9.40. The Morgan fingerprint density at radius 2 is 1.60 bits per heavy atom. The standard InChI is InChI=1S/C17H34N2O6/c1-2-3-4-5-6-7-8-9-10-11-13(21)18-15-16(22)19(24)14(12-20)25-17(15)23/h14-17,20,22-24H,2-12H2,1H3,(H,18,21)/t14?,15?,16-,17?/m1/s1. The van der Waals surface area contributed by atoms with E-state index in [1.807, 2.05) is 0 Å². The molecule has 1 saturated heterocycles. The molecule has 0 radical (unpaired) electrons. The fraction of sp³-hybridized carbons (Fsp3) is 0.941. The number of aliphatic hydroxyl groups excluding tert-OH is 3. The molecule has 1 rings (SSSR count). The average Bonchev–Trinajstić information content (AvgIpc) is 2.60. The second kappa shape index (κ2) is 12.6. The van der Waals surface area contributed by atoms with Gasteiger partial charge in [-0.15, -0.1) is 5.06 Å².